The molecule has 2 unspecified atom stereocenters. The number of benzene rings is 1. The molecule has 0 radical (unpaired) electrons. The number of rotatable bonds is 6. The van der Waals surface area contributed by atoms with Crippen LogP contribution < -0.4 is 10.6 Å². The summed E-state index contributed by atoms with van der Waals surface area (Å²) in [4.78, 5) is 13.9. The van der Waals surface area contributed by atoms with E-state index in [1.54, 1.807) is 17.6 Å². The van der Waals surface area contributed by atoms with Gasteiger partial charge in [-0.1, -0.05) is 25.1 Å². The Bertz CT molecular complexity index is 624. The molecule has 0 aliphatic carbocycles. The lowest BCUT2D eigenvalue weighted by atomic mass is 10.2. The molecule has 0 aliphatic heterocycles. The van der Waals surface area contributed by atoms with Crippen LogP contribution in [0, 0.1) is 0 Å². The fourth-order valence-corrected chi connectivity index (χ4v) is 3.44. The summed E-state index contributed by atoms with van der Waals surface area (Å²) in [5.74, 6) is 0. The van der Waals surface area contributed by atoms with Gasteiger partial charge in [-0.2, -0.15) is 0 Å². The molecule has 1 aromatic carbocycles. The Morgan fingerprint density at radius 2 is 2.00 bits per heavy atom. The summed E-state index contributed by atoms with van der Waals surface area (Å²) in [6.45, 7) is 2.50. The zero-order chi connectivity index (χ0) is 15.9. The summed E-state index contributed by atoms with van der Waals surface area (Å²) in [5, 5.41) is 7.84. The molecule has 118 valence electrons. The topological polar surface area (TPSA) is 58.2 Å². The van der Waals surface area contributed by atoms with Crippen LogP contribution >= 0.6 is 11.3 Å². The van der Waals surface area contributed by atoms with E-state index in [1.165, 1.54) is 0 Å². The van der Waals surface area contributed by atoms with Gasteiger partial charge in [0.05, 0.1) is 6.04 Å². The van der Waals surface area contributed by atoms with E-state index in [0.717, 1.165) is 21.8 Å². The van der Waals surface area contributed by atoms with Gasteiger partial charge in [-0.05, 0) is 35.6 Å². The van der Waals surface area contributed by atoms with Crippen molar-refractivity contribution in [1.82, 2.24) is 10.6 Å². The molecule has 4 nitrogen and oxygen atoms in total. The summed E-state index contributed by atoms with van der Waals surface area (Å²) in [6, 6.07) is 11.3. The fraction of sp³-hybridized carbons (Fsp3) is 0.312. The van der Waals surface area contributed by atoms with Gasteiger partial charge in [0.1, 0.15) is 0 Å². The second-order valence-electron chi connectivity index (χ2n) is 4.90. The first-order valence-electron chi connectivity index (χ1n) is 7.10. The van der Waals surface area contributed by atoms with Crippen LogP contribution in [-0.4, -0.2) is 16.5 Å². The molecule has 0 saturated carbocycles. The summed E-state index contributed by atoms with van der Waals surface area (Å²) in [5.41, 5.74) is 0.980. The second-order valence-corrected chi connectivity index (χ2v) is 7.26. The van der Waals surface area contributed by atoms with Gasteiger partial charge in [0.2, 0.25) is 0 Å². The normalized spacial score (nSPS) is 13.4. The Morgan fingerprint density at radius 3 is 2.55 bits per heavy atom. The van der Waals surface area contributed by atoms with Gasteiger partial charge in [0.25, 0.3) is 0 Å². The molecule has 22 heavy (non-hydrogen) atoms. The minimum atomic E-state index is -0.975. The maximum atomic E-state index is 12.0. The highest BCUT2D eigenvalue weighted by Gasteiger charge is 2.13. The first-order chi connectivity index (χ1) is 10.6. The van der Waals surface area contributed by atoms with Crippen molar-refractivity contribution in [2.45, 2.75) is 30.8 Å². The zero-order valence-electron chi connectivity index (χ0n) is 12.7. The quantitative estimate of drug-likeness (QED) is 0.849. The van der Waals surface area contributed by atoms with Crippen molar-refractivity contribution in [3.63, 3.8) is 0 Å². The number of carbonyl (C=O) groups excluding carboxylic acids is 1. The lowest BCUT2D eigenvalue weighted by molar-refractivity contribution is 0.236. The van der Waals surface area contributed by atoms with Crippen LogP contribution in [0.3, 0.4) is 0 Å². The summed E-state index contributed by atoms with van der Waals surface area (Å²) >= 11 is 1.65. The van der Waals surface area contributed by atoms with E-state index in [4.69, 9.17) is 0 Å². The van der Waals surface area contributed by atoms with Crippen LogP contribution in [0.2, 0.25) is 0 Å². The smallest absolute Gasteiger partial charge is 0.315 e. The second kappa shape index (κ2) is 8.10. The molecule has 0 saturated heterocycles. The largest absolute Gasteiger partial charge is 0.334 e. The number of nitrogens with one attached hydrogen (secondary N) is 2. The molecule has 2 rings (SSSR count). The molecule has 2 atom stereocenters. The first-order valence-corrected chi connectivity index (χ1v) is 9.54. The molecule has 6 heteroatoms. The van der Waals surface area contributed by atoms with Crippen LogP contribution in [0.15, 0.2) is 46.7 Å². The minimum Gasteiger partial charge on any atom is -0.334 e. The van der Waals surface area contributed by atoms with Crippen LogP contribution in [-0.2, 0) is 17.3 Å². The molecule has 0 aliphatic rings. The number of hydrogen-bond donors (Lipinski definition) is 2. The van der Waals surface area contributed by atoms with Gasteiger partial charge in [0.15, 0.2) is 0 Å². The Morgan fingerprint density at radius 1 is 1.27 bits per heavy atom. The Hall–Kier alpha value is -1.66. The van der Waals surface area contributed by atoms with Crippen molar-refractivity contribution < 1.29 is 9.00 Å². The molecule has 1 heterocycles. The zero-order valence-corrected chi connectivity index (χ0v) is 14.3. The van der Waals surface area contributed by atoms with Crippen molar-refractivity contribution in [3.8, 4) is 0 Å². The number of amides is 2. The monoisotopic (exact) mass is 336 g/mol. The number of thiophene rings is 1. The van der Waals surface area contributed by atoms with Crippen molar-refractivity contribution >= 4 is 28.2 Å². The van der Waals surface area contributed by atoms with Gasteiger partial charge in [0, 0.05) is 33.4 Å². The van der Waals surface area contributed by atoms with E-state index in [-0.39, 0.29) is 12.1 Å². The first kappa shape index (κ1) is 16.7. The highest BCUT2D eigenvalue weighted by Crippen LogP contribution is 2.21. The van der Waals surface area contributed by atoms with Crippen molar-refractivity contribution in [1.29, 1.82) is 0 Å². The highest BCUT2D eigenvalue weighted by atomic mass is 32.2. The van der Waals surface area contributed by atoms with Gasteiger partial charge in [-0.25, -0.2) is 4.79 Å². The maximum absolute atomic E-state index is 12.0. The number of hydrogen-bond acceptors (Lipinski definition) is 3. The van der Waals surface area contributed by atoms with E-state index in [0.29, 0.717) is 6.54 Å². The Labute approximate surface area is 137 Å². The molecule has 2 amide bonds. The van der Waals surface area contributed by atoms with Crippen LogP contribution in [0.5, 0.6) is 0 Å². The van der Waals surface area contributed by atoms with E-state index >= 15 is 0 Å². The third-order valence-corrected chi connectivity index (χ3v) is 5.23. The Balaban J connectivity index is 1.85. The van der Waals surface area contributed by atoms with E-state index < -0.39 is 10.8 Å². The molecule has 0 spiro atoms. The SMILES string of the molecule is CCC(NC(=O)NCc1ccc(S(C)=O)cc1)c1cccs1. The van der Waals surface area contributed by atoms with Crippen molar-refractivity contribution in [2.24, 2.45) is 0 Å². The van der Waals surface area contributed by atoms with Gasteiger partial charge >= 0.3 is 6.03 Å². The Kier molecular flexibility index (Phi) is 6.15. The van der Waals surface area contributed by atoms with Crippen LogP contribution in [0.1, 0.15) is 29.8 Å². The fourth-order valence-electron chi connectivity index (χ4n) is 2.05. The van der Waals surface area contributed by atoms with Crippen LogP contribution in [0.4, 0.5) is 4.79 Å². The number of urea groups is 1. The van der Waals surface area contributed by atoms with Gasteiger partial charge < -0.3 is 10.6 Å². The molecular weight excluding hydrogens is 316 g/mol. The lowest BCUT2D eigenvalue weighted by Gasteiger charge is -2.16. The molecule has 0 bridgehead atoms. The standard InChI is InChI=1S/C16H20N2O2S2/c1-3-14(15-5-4-10-21-15)18-16(19)17-11-12-6-8-13(9-7-12)22(2)20/h4-10,14H,3,11H2,1-2H3,(H2,17,18,19). The maximum Gasteiger partial charge on any atom is 0.315 e. The lowest BCUT2D eigenvalue weighted by Crippen LogP contribution is -2.37. The predicted molar refractivity (Wildman–Crippen MR) is 91.5 cm³/mol. The predicted octanol–water partition coefficient (Wildman–Crippen LogP) is 3.44. The molecule has 2 aromatic rings. The molecule has 2 N–H and O–H groups in total. The van der Waals surface area contributed by atoms with E-state index in [9.17, 15) is 9.00 Å². The van der Waals surface area contributed by atoms with E-state index in [2.05, 4.69) is 10.6 Å². The minimum absolute atomic E-state index is 0.0462. The van der Waals surface area contributed by atoms with E-state index in [1.807, 2.05) is 48.7 Å². The third kappa shape index (κ3) is 4.68. The summed E-state index contributed by atoms with van der Waals surface area (Å²) in [6.07, 6.45) is 2.50. The third-order valence-electron chi connectivity index (χ3n) is 3.31. The summed E-state index contributed by atoms with van der Waals surface area (Å²) < 4.78 is 11.3. The average molecular weight is 336 g/mol. The van der Waals surface area contributed by atoms with Crippen molar-refractivity contribution in [2.75, 3.05) is 6.26 Å². The van der Waals surface area contributed by atoms with Gasteiger partial charge in [-0.3, -0.25) is 4.21 Å². The molecular formula is C16H20N2O2S2. The van der Waals surface area contributed by atoms with Crippen LogP contribution in [0.25, 0.3) is 0 Å². The average Bonchev–Trinajstić information content (AvgIpc) is 3.05. The highest BCUT2D eigenvalue weighted by molar-refractivity contribution is 7.84. The molecule has 0 fully saturated rings. The molecule has 1 aromatic heterocycles. The van der Waals surface area contributed by atoms with Gasteiger partial charge in [-0.15, -0.1) is 11.3 Å². The summed E-state index contributed by atoms with van der Waals surface area (Å²) in [7, 11) is -0.975. The van der Waals surface area contributed by atoms with Crippen molar-refractivity contribution in [3.05, 3.63) is 52.2 Å². The number of carbonyl (C=O) groups is 1.